The van der Waals surface area contributed by atoms with Crippen LogP contribution in [0.15, 0.2) is 79.1 Å². The first kappa shape index (κ1) is 15.4. The van der Waals surface area contributed by atoms with E-state index in [2.05, 4.69) is 28.5 Å². The third kappa shape index (κ3) is 4.02. The fraction of sp³-hybridized carbons (Fsp3) is 0.150. The van der Waals surface area contributed by atoms with Crippen LogP contribution in [0.25, 0.3) is 0 Å². The van der Waals surface area contributed by atoms with Crippen molar-refractivity contribution in [3.8, 4) is 0 Å². The second-order valence-corrected chi connectivity index (χ2v) is 5.43. The molecule has 2 aromatic carbocycles. The Kier molecular flexibility index (Phi) is 5.12. The quantitative estimate of drug-likeness (QED) is 0.740. The highest BCUT2D eigenvalue weighted by Crippen LogP contribution is 2.21. The van der Waals surface area contributed by atoms with Crippen LogP contribution in [0, 0.1) is 5.82 Å². The van der Waals surface area contributed by atoms with Gasteiger partial charge >= 0.3 is 0 Å². The predicted octanol–water partition coefficient (Wildman–Crippen LogP) is 4.14. The van der Waals surface area contributed by atoms with Gasteiger partial charge in [0.05, 0.1) is 6.04 Å². The van der Waals surface area contributed by atoms with Gasteiger partial charge < -0.3 is 5.32 Å². The molecule has 1 atom stereocenters. The Labute approximate surface area is 136 Å². The third-order valence-corrected chi connectivity index (χ3v) is 3.85. The summed E-state index contributed by atoms with van der Waals surface area (Å²) in [6.45, 7) is 0.690. The van der Waals surface area contributed by atoms with E-state index in [1.165, 1.54) is 11.6 Å². The summed E-state index contributed by atoms with van der Waals surface area (Å²) < 4.78 is 13.7. The molecule has 0 saturated heterocycles. The van der Waals surface area contributed by atoms with Crippen molar-refractivity contribution in [2.75, 3.05) is 6.54 Å². The minimum atomic E-state index is -0.146. The van der Waals surface area contributed by atoms with Gasteiger partial charge in [0, 0.05) is 18.9 Å². The fourth-order valence-electron chi connectivity index (χ4n) is 2.67. The van der Waals surface area contributed by atoms with Crippen LogP contribution in [-0.2, 0) is 6.42 Å². The number of aromatic nitrogens is 1. The van der Waals surface area contributed by atoms with Crippen LogP contribution in [0.1, 0.15) is 22.7 Å². The van der Waals surface area contributed by atoms with Gasteiger partial charge in [-0.2, -0.15) is 0 Å². The molecule has 0 spiro atoms. The number of nitrogens with one attached hydrogen (secondary N) is 1. The lowest BCUT2D eigenvalue weighted by Crippen LogP contribution is -2.25. The summed E-state index contributed by atoms with van der Waals surface area (Å²) in [5.74, 6) is -0.146. The van der Waals surface area contributed by atoms with Crippen LogP contribution in [0.5, 0.6) is 0 Å². The van der Waals surface area contributed by atoms with Crippen molar-refractivity contribution in [2.24, 2.45) is 0 Å². The Hall–Kier alpha value is -2.52. The Balaban J connectivity index is 1.74. The van der Waals surface area contributed by atoms with E-state index in [1.807, 2.05) is 42.6 Å². The molecule has 116 valence electrons. The SMILES string of the molecule is Fc1ccccc1CCN[C@@H](c1ccccc1)c1cccnc1. The monoisotopic (exact) mass is 306 g/mol. The van der Waals surface area contributed by atoms with E-state index >= 15 is 0 Å². The highest BCUT2D eigenvalue weighted by atomic mass is 19.1. The van der Waals surface area contributed by atoms with Gasteiger partial charge in [-0.3, -0.25) is 4.98 Å². The molecule has 0 unspecified atom stereocenters. The van der Waals surface area contributed by atoms with Crippen LogP contribution >= 0.6 is 0 Å². The van der Waals surface area contributed by atoms with E-state index in [-0.39, 0.29) is 11.9 Å². The van der Waals surface area contributed by atoms with Gasteiger partial charge in [0.15, 0.2) is 0 Å². The molecule has 1 N–H and O–H groups in total. The van der Waals surface area contributed by atoms with Crippen molar-refractivity contribution in [1.82, 2.24) is 10.3 Å². The molecule has 1 heterocycles. The number of benzene rings is 2. The zero-order valence-electron chi connectivity index (χ0n) is 12.8. The first-order valence-corrected chi connectivity index (χ1v) is 7.76. The standard InChI is InChI=1S/C20H19FN2/c21-19-11-5-4-7-16(19)12-14-23-20(17-8-2-1-3-9-17)18-10-6-13-22-15-18/h1-11,13,15,20,23H,12,14H2/t20-/m0/s1. The molecule has 2 nitrogen and oxygen atoms in total. The topological polar surface area (TPSA) is 24.9 Å². The lowest BCUT2D eigenvalue weighted by molar-refractivity contribution is 0.576. The fourth-order valence-corrected chi connectivity index (χ4v) is 2.67. The largest absolute Gasteiger partial charge is 0.306 e. The van der Waals surface area contributed by atoms with Crippen molar-refractivity contribution in [1.29, 1.82) is 0 Å². The number of nitrogens with zero attached hydrogens (tertiary/aromatic N) is 1. The maximum atomic E-state index is 13.7. The Bertz CT molecular complexity index is 689. The van der Waals surface area contributed by atoms with E-state index < -0.39 is 0 Å². The summed E-state index contributed by atoms with van der Waals surface area (Å²) >= 11 is 0. The van der Waals surface area contributed by atoms with Crippen LogP contribution in [0.2, 0.25) is 0 Å². The average Bonchev–Trinajstić information content (AvgIpc) is 2.62. The molecule has 3 aromatic rings. The molecule has 0 aliphatic rings. The Morgan fingerprint density at radius 3 is 2.35 bits per heavy atom. The molecular formula is C20H19FN2. The van der Waals surface area contributed by atoms with Gasteiger partial charge in [-0.15, -0.1) is 0 Å². The second-order valence-electron chi connectivity index (χ2n) is 5.43. The van der Waals surface area contributed by atoms with Gasteiger partial charge in [-0.05, 0) is 35.2 Å². The van der Waals surface area contributed by atoms with E-state index in [1.54, 1.807) is 12.3 Å². The molecule has 0 aliphatic carbocycles. The summed E-state index contributed by atoms with van der Waals surface area (Å²) in [5, 5.41) is 3.52. The minimum absolute atomic E-state index is 0.0525. The normalized spacial score (nSPS) is 12.0. The maximum Gasteiger partial charge on any atom is 0.126 e. The van der Waals surface area contributed by atoms with Crippen molar-refractivity contribution in [3.63, 3.8) is 0 Å². The molecular weight excluding hydrogens is 287 g/mol. The van der Waals surface area contributed by atoms with Gasteiger partial charge in [-0.25, -0.2) is 4.39 Å². The van der Waals surface area contributed by atoms with E-state index in [0.29, 0.717) is 13.0 Å². The van der Waals surface area contributed by atoms with Crippen LogP contribution in [-0.4, -0.2) is 11.5 Å². The maximum absolute atomic E-state index is 13.7. The highest BCUT2D eigenvalue weighted by Gasteiger charge is 2.13. The zero-order chi connectivity index (χ0) is 15.9. The van der Waals surface area contributed by atoms with Gasteiger partial charge in [-0.1, -0.05) is 54.6 Å². The average molecular weight is 306 g/mol. The molecule has 0 fully saturated rings. The summed E-state index contributed by atoms with van der Waals surface area (Å²) in [5.41, 5.74) is 3.01. The second kappa shape index (κ2) is 7.65. The Morgan fingerprint density at radius 1 is 0.870 bits per heavy atom. The molecule has 0 saturated carbocycles. The number of halogens is 1. The molecule has 0 radical (unpaired) electrons. The Morgan fingerprint density at radius 2 is 1.61 bits per heavy atom. The summed E-state index contributed by atoms with van der Waals surface area (Å²) in [7, 11) is 0. The van der Waals surface area contributed by atoms with E-state index in [9.17, 15) is 4.39 Å². The third-order valence-electron chi connectivity index (χ3n) is 3.85. The number of pyridine rings is 1. The predicted molar refractivity (Wildman–Crippen MR) is 90.6 cm³/mol. The van der Waals surface area contributed by atoms with E-state index in [4.69, 9.17) is 0 Å². The lowest BCUT2D eigenvalue weighted by atomic mass is 10.00. The van der Waals surface area contributed by atoms with Crippen molar-refractivity contribution in [3.05, 3.63) is 102 Å². The molecule has 3 rings (SSSR count). The highest BCUT2D eigenvalue weighted by molar-refractivity contribution is 5.30. The van der Waals surface area contributed by atoms with Gasteiger partial charge in [0.1, 0.15) is 5.82 Å². The summed E-state index contributed by atoms with van der Waals surface area (Å²) in [6.07, 6.45) is 4.29. The first-order chi connectivity index (χ1) is 11.3. The smallest absolute Gasteiger partial charge is 0.126 e. The summed E-state index contributed by atoms with van der Waals surface area (Å²) in [6, 6.07) is 21.2. The first-order valence-electron chi connectivity index (χ1n) is 7.76. The van der Waals surface area contributed by atoms with E-state index in [0.717, 1.165) is 11.1 Å². The zero-order valence-corrected chi connectivity index (χ0v) is 12.8. The molecule has 0 bridgehead atoms. The molecule has 23 heavy (non-hydrogen) atoms. The van der Waals surface area contributed by atoms with Crippen molar-refractivity contribution in [2.45, 2.75) is 12.5 Å². The van der Waals surface area contributed by atoms with Crippen LogP contribution in [0.3, 0.4) is 0 Å². The number of rotatable bonds is 6. The lowest BCUT2D eigenvalue weighted by Gasteiger charge is -2.19. The molecule has 0 aliphatic heterocycles. The van der Waals surface area contributed by atoms with Crippen molar-refractivity contribution < 1.29 is 4.39 Å². The van der Waals surface area contributed by atoms with Crippen LogP contribution < -0.4 is 5.32 Å². The van der Waals surface area contributed by atoms with Gasteiger partial charge in [0.25, 0.3) is 0 Å². The molecule has 0 amide bonds. The molecule has 3 heteroatoms. The summed E-state index contributed by atoms with van der Waals surface area (Å²) in [4.78, 5) is 4.21. The van der Waals surface area contributed by atoms with Crippen molar-refractivity contribution >= 4 is 0 Å². The number of hydrogen-bond acceptors (Lipinski definition) is 2. The minimum Gasteiger partial charge on any atom is -0.306 e. The van der Waals surface area contributed by atoms with Gasteiger partial charge in [0.2, 0.25) is 0 Å². The van der Waals surface area contributed by atoms with Crippen LogP contribution in [0.4, 0.5) is 4.39 Å². The number of hydrogen-bond donors (Lipinski definition) is 1. The molecule has 1 aromatic heterocycles.